The maximum absolute atomic E-state index is 11.7. The first kappa shape index (κ1) is 15.9. The van der Waals surface area contributed by atoms with Gasteiger partial charge in [0.1, 0.15) is 12.0 Å². The maximum atomic E-state index is 11.7. The van der Waals surface area contributed by atoms with Crippen molar-refractivity contribution in [2.45, 2.75) is 19.8 Å². The van der Waals surface area contributed by atoms with Crippen LogP contribution in [-0.4, -0.2) is 36.9 Å². The van der Waals surface area contributed by atoms with Crippen molar-refractivity contribution in [1.82, 2.24) is 0 Å². The number of benzene rings is 1. The van der Waals surface area contributed by atoms with Crippen molar-refractivity contribution in [2.75, 3.05) is 24.6 Å². The number of aldehydes is 1. The second-order valence-electron chi connectivity index (χ2n) is 5.14. The third-order valence-electron chi connectivity index (χ3n) is 3.79. The molecule has 0 amide bonds. The predicted octanol–water partition coefficient (Wildman–Crippen LogP) is 2.19. The zero-order chi connectivity index (χ0) is 16.1. The molecule has 0 aromatic heterocycles. The number of anilines is 1. The number of hydrogen-bond donors (Lipinski definition) is 0. The van der Waals surface area contributed by atoms with E-state index >= 15 is 0 Å². The normalized spacial score (nSPS) is 15.4. The summed E-state index contributed by atoms with van der Waals surface area (Å²) in [6.07, 6.45) is 1.79. The fraction of sp³-hybridized carbons (Fsp3) is 0.467. The Morgan fingerprint density at radius 3 is 2.68 bits per heavy atom. The molecule has 7 nitrogen and oxygen atoms in total. The first-order valence-electron chi connectivity index (χ1n) is 7.22. The SMILES string of the molecule is CCOC(=O)C1CCN(c2ccc(C=O)cc2[N+](=O)[O-])CC1. The maximum Gasteiger partial charge on any atom is 0.309 e. The van der Waals surface area contributed by atoms with Crippen LogP contribution in [0, 0.1) is 16.0 Å². The molecule has 0 N–H and O–H groups in total. The summed E-state index contributed by atoms with van der Waals surface area (Å²) in [6.45, 7) is 3.22. The number of hydrogen-bond acceptors (Lipinski definition) is 6. The van der Waals surface area contributed by atoms with Crippen molar-refractivity contribution < 1.29 is 19.2 Å². The van der Waals surface area contributed by atoms with Crippen LogP contribution in [0.4, 0.5) is 11.4 Å². The van der Waals surface area contributed by atoms with Gasteiger partial charge in [0, 0.05) is 24.7 Å². The average Bonchev–Trinajstić information content (AvgIpc) is 2.54. The third kappa shape index (κ3) is 3.41. The first-order valence-corrected chi connectivity index (χ1v) is 7.22. The fourth-order valence-corrected chi connectivity index (χ4v) is 2.64. The van der Waals surface area contributed by atoms with Gasteiger partial charge in [-0.1, -0.05) is 0 Å². The second kappa shape index (κ2) is 7.02. The monoisotopic (exact) mass is 306 g/mol. The van der Waals surface area contributed by atoms with Crippen molar-refractivity contribution in [3.05, 3.63) is 33.9 Å². The van der Waals surface area contributed by atoms with E-state index in [9.17, 15) is 19.7 Å². The molecule has 118 valence electrons. The highest BCUT2D eigenvalue weighted by Crippen LogP contribution is 2.32. The lowest BCUT2D eigenvalue weighted by molar-refractivity contribution is -0.384. The van der Waals surface area contributed by atoms with Gasteiger partial charge in [-0.2, -0.15) is 0 Å². The standard InChI is InChI=1S/C15H18N2O5/c1-2-22-15(19)12-5-7-16(8-6-12)13-4-3-11(10-18)9-14(13)17(20)21/h3-4,9-10,12H,2,5-8H2,1H3. The topological polar surface area (TPSA) is 89.8 Å². The van der Waals surface area contributed by atoms with Crippen LogP contribution in [0.3, 0.4) is 0 Å². The van der Waals surface area contributed by atoms with Gasteiger partial charge in [-0.15, -0.1) is 0 Å². The minimum atomic E-state index is -0.486. The van der Waals surface area contributed by atoms with E-state index in [0.29, 0.717) is 44.5 Å². The van der Waals surface area contributed by atoms with Gasteiger partial charge in [-0.05, 0) is 31.9 Å². The highest BCUT2D eigenvalue weighted by Gasteiger charge is 2.29. The van der Waals surface area contributed by atoms with Gasteiger partial charge in [-0.25, -0.2) is 0 Å². The van der Waals surface area contributed by atoms with E-state index in [0.717, 1.165) is 0 Å². The molecular formula is C15H18N2O5. The third-order valence-corrected chi connectivity index (χ3v) is 3.79. The van der Waals surface area contributed by atoms with Crippen LogP contribution in [-0.2, 0) is 9.53 Å². The second-order valence-corrected chi connectivity index (χ2v) is 5.14. The molecule has 0 saturated carbocycles. The summed E-state index contributed by atoms with van der Waals surface area (Å²) < 4.78 is 5.01. The lowest BCUT2D eigenvalue weighted by Gasteiger charge is -2.32. The molecular weight excluding hydrogens is 288 g/mol. The van der Waals surface area contributed by atoms with E-state index in [1.165, 1.54) is 6.07 Å². The highest BCUT2D eigenvalue weighted by molar-refractivity contribution is 5.80. The summed E-state index contributed by atoms with van der Waals surface area (Å²) in [7, 11) is 0. The molecule has 0 spiro atoms. The molecule has 0 bridgehead atoms. The zero-order valence-electron chi connectivity index (χ0n) is 12.4. The predicted molar refractivity (Wildman–Crippen MR) is 80.1 cm³/mol. The molecule has 1 heterocycles. The fourth-order valence-electron chi connectivity index (χ4n) is 2.64. The van der Waals surface area contributed by atoms with Crippen molar-refractivity contribution in [3.8, 4) is 0 Å². The average molecular weight is 306 g/mol. The quantitative estimate of drug-likeness (QED) is 0.358. The minimum absolute atomic E-state index is 0.0841. The molecule has 1 saturated heterocycles. The number of esters is 1. The van der Waals surface area contributed by atoms with E-state index in [-0.39, 0.29) is 23.1 Å². The molecule has 1 aromatic rings. The van der Waals surface area contributed by atoms with Crippen molar-refractivity contribution >= 4 is 23.6 Å². The first-order chi connectivity index (χ1) is 10.6. The van der Waals surface area contributed by atoms with Crippen LogP contribution >= 0.6 is 0 Å². The van der Waals surface area contributed by atoms with E-state index in [2.05, 4.69) is 0 Å². The largest absolute Gasteiger partial charge is 0.466 e. The molecule has 1 aromatic carbocycles. The number of ether oxygens (including phenoxy) is 1. The molecule has 1 aliphatic heterocycles. The number of piperidine rings is 1. The molecule has 1 aliphatic rings. The van der Waals surface area contributed by atoms with Gasteiger partial charge in [-0.3, -0.25) is 19.7 Å². The van der Waals surface area contributed by atoms with Crippen LogP contribution in [0.5, 0.6) is 0 Å². The van der Waals surface area contributed by atoms with Gasteiger partial charge < -0.3 is 9.64 Å². The van der Waals surface area contributed by atoms with Gasteiger partial charge >= 0.3 is 5.97 Å². The lowest BCUT2D eigenvalue weighted by Crippen LogP contribution is -2.37. The minimum Gasteiger partial charge on any atom is -0.466 e. The zero-order valence-corrected chi connectivity index (χ0v) is 12.4. The van der Waals surface area contributed by atoms with Gasteiger partial charge in [0.15, 0.2) is 0 Å². The van der Waals surface area contributed by atoms with Crippen molar-refractivity contribution in [1.29, 1.82) is 0 Å². The molecule has 22 heavy (non-hydrogen) atoms. The summed E-state index contributed by atoms with van der Waals surface area (Å²) in [6, 6.07) is 4.43. The Hall–Kier alpha value is -2.44. The van der Waals surface area contributed by atoms with Crippen LogP contribution in [0.1, 0.15) is 30.1 Å². The van der Waals surface area contributed by atoms with Crippen LogP contribution in [0.25, 0.3) is 0 Å². The molecule has 0 radical (unpaired) electrons. The molecule has 0 aliphatic carbocycles. The summed E-state index contributed by atoms with van der Waals surface area (Å²) >= 11 is 0. The molecule has 1 fully saturated rings. The van der Waals surface area contributed by atoms with Crippen molar-refractivity contribution in [3.63, 3.8) is 0 Å². The van der Waals surface area contributed by atoms with Gasteiger partial charge in [0.2, 0.25) is 0 Å². The smallest absolute Gasteiger partial charge is 0.309 e. The summed E-state index contributed by atoms with van der Waals surface area (Å²) in [5.74, 6) is -0.350. The molecule has 2 rings (SSSR count). The van der Waals surface area contributed by atoms with E-state index < -0.39 is 4.92 Å². The van der Waals surface area contributed by atoms with Gasteiger partial charge in [0.25, 0.3) is 5.69 Å². The van der Waals surface area contributed by atoms with E-state index in [1.807, 2.05) is 4.90 Å². The molecule has 0 atom stereocenters. The lowest BCUT2D eigenvalue weighted by atomic mass is 9.96. The van der Waals surface area contributed by atoms with E-state index in [1.54, 1.807) is 19.1 Å². The summed E-state index contributed by atoms with van der Waals surface area (Å²) in [4.78, 5) is 35.0. The summed E-state index contributed by atoms with van der Waals surface area (Å²) in [5, 5.41) is 11.2. The Balaban J connectivity index is 2.12. The van der Waals surface area contributed by atoms with Crippen LogP contribution in [0.15, 0.2) is 18.2 Å². The molecule has 7 heteroatoms. The van der Waals surface area contributed by atoms with E-state index in [4.69, 9.17) is 4.74 Å². The van der Waals surface area contributed by atoms with Crippen molar-refractivity contribution in [2.24, 2.45) is 5.92 Å². The highest BCUT2D eigenvalue weighted by atomic mass is 16.6. The van der Waals surface area contributed by atoms with Crippen LogP contribution < -0.4 is 4.90 Å². The number of nitro groups is 1. The Morgan fingerprint density at radius 2 is 2.14 bits per heavy atom. The van der Waals surface area contributed by atoms with Crippen LogP contribution in [0.2, 0.25) is 0 Å². The summed E-state index contributed by atoms with van der Waals surface area (Å²) in [5.41, 5.74) is 0.675. The number of rotatable bonds is 5. The Bertz CT molecular complexity index is 579. The number of nitrogens with zero attached hydrogens (tertiary/aromatic N) is 2. The Morgan fingerprint density at radius 1 is 1.45 bits per heavy atom. The molecule has 0 unspecified atom stereocenters. The Kier molecular flexibility index (Phi) is 5.08. The number of carbonyl (C=O) groups is 2. The van der Waals surface area contributed by atoms with Gasteiger partial charge in [0.05, 0.1) is 17.4 Å². The number of nitro benzene ring substituents is 1. The number of carbonyl (C=O) groups excluding carboxylic acids is 2. The Labute approximate surface area is 128 Å².